The average molecular weight is 166 g/mol. The van der Waals surface area contributed by atoms with E-state index in [1.165, 1.54) is 0 Å². The highest BCUT2D eigenvalue weighted by molar-refractivity contribution is 5.85. The highest BCUT2D eigenvalue weighted by Crippen LogP contribution is 2.22. The Morgan fingerprint density at radius 2 is 2.20 bits per heavy atom. The predicted molar refractivity (Wildman–Crippen MR) is 43.4 cm³/mol. The van der Waals surface area contributed by atoms with E-state index in [2.05, 4.69) is 11.9 Å². The first-order valence-electron chi connectivity index (χ1n) is 3.27. The molecule has 10 heavy (non-hydrogen) atoms. The molecule has 1 fully saturated rings. The second-order valence-electron chi connectivity index (χ2n) is 2.58. The van der Waals surface area contributed by atoms with Crippen molar-refractivity contribution >= 4 is 12.4 Å². The van der Waals surface area contributed by atoms with Crippen molar-refractivity contribution in [2.45, 2.75) is 18.5 Å². The first kappa shape index (κ1) is 9.92. The van der Waals surface area contributed by atoms with Crippen molar-refractivity contribution in [2.24, 2.45) is 0 Å². The summed E-state index contributed by atoms with van der Waals surface area (Å²) in [6, 6.07) is 0. The zero-order chi connectivity index (χ0) is 6.74. The molecule has 0 atom stereocenters. The number of rotatable bonds is 3. The number of hydrogen-bond acceptors (Lipinski definition) is 1. The molecule has 0 aromatic rings. The molecule has 0 aromatic carbocycles. The molecule has 0 aliphatic carbocycles. The van der Waals surface area contributed by atoms with E-state index in [4.69, 9.17) is 0 Å². The molecule has 0 amide bonds. The molecule has 1 N–H and O–H groups in total. The van der Waals surface area contributed by atoms with Gasteiger partial charge in [0.05, 0.1) is 0 Å². The summed E-state index contributed by atoms with van der Waals surface area (Å²) in [4.78, 5) is 0. The largest absolute Gasteiger partial charge is 0.310 e. The van der Waals surface area contributed by atoms with E-state index in [0.29, 0.717) is 19.5 Å². The minimum atomic E-state index is -0.909. The molecule has 60 valence electrons. The van der Waals surface area contributed by atoms with Crippen LogP contribution in [0.2, 0.25) is 0 Å². The van der Waals surface area contributed by atoms with Crippen molar-refractivity contribution in [1.82, 2.24) is 5.32 Å². The number of alkyl halides is 1. The Hall–Kier alpha value is -0.0800. The summed E-state index contributed by atoms with van der Waals surface area (Å²) in [5.74, 6) is 0. The van der Waals surface area contributed by atoms with Gasteiger partial charge in [0, 0.05) is 13.1 Å². The van der Waals surface area contributed by atoms with Gasteiger partial charge in [-0.2, -0.15) is 0 Å². The van der Waals surface area contributed by atoms with Gasteiger partial charge in [0.25, 0.3) is 0 Å². The molecule has 1 heterocycles. The van der Waals surface area contributed by atoms with E-state index < -0.39 is 5.67 Å². The molecular formula is C7H13ClFN. The van der Waals surface area contributed by atoms with E-state index in [0.717, 1.165) is 6.42 Å². The predicted octanol–water partition coefficient (Wildman–Crippen LogP) is 1.69. The van der Waals surface area contributed by atoms with E-state index in [-0.39, 0.29) is 12.4 Å². The fraction of sp³-hybridized carbons (Fsp3) is 0.714. The Kier molecular flexibility index (Phi) is 3.91. The Balaban J connectivity index is 0.000000810. The van der Waals surface area contributed by atoms with Crippen molar-refractivity contribution in [1.29, 1.82) is 0 Å². The third-order valence-corrected chi connectivity index (χ3v) is 1.68. The molecule has 1 aliphatic rings. The van der Waals surface area contributed by atoms with Gasteiger partial charge < -0.3 is 5.32 Å². The molecule has 0 spiro atoms. The van der Waals surface area contributed by atoms with Gasteiger partial charge in [-0.05, 0) is 12.8 Å². The van der Waals surface area contributed by atoms with Crippen molar-refractivity contribution in [3.8, 4) is 0 Å². The van der Waals surface area contributed by atoms with Crippen LogP contribution < -0.4 is 5.32 Å². The van der Waals surface area contributed by atoms with Gasteiger partial charge in [0.1, 0.15) is 5.67 Å². The average Bonchev–Trinajstić information content (AvgIpc) is 1.79. The van der Waals surface area contributed by atoms with Gasteiger partial charge in [-0.1, -0.05) is 6.08 Å². The van der Waals surface area contributed by atoms with Crippen LogP contribution >= 0.6 is 12.4 Å². The van der Waals surface area contributed by atoms with E-state index >= 15 is 0 Å². The molecule has 3 heteroatoms. The van der Waals surface area contributed by atoms with Gasteiger partial charge in [0.2, 0.25) is 0 Å². The van der Waals surface area contributed by atoms with Crippen LogP contribution in [0.4, 0.5) is 4.39 Å². The van der Waals surface area contributed by atoms with Crippen LogP contribution in [-0.4, -0.2) is 18.8 Å². The van der Waals surface area contributed by atoms with Crippen LogP contribution in [0, 0.1) is 0 Å². The maximum absolute atomic E-state index is 13.0. The van der Waals surface area contributed by atoms with Gasteiger partial charge in [-0.3, -0.25) is 0 Å². The van der Waals surface area contributed by atoms with Gasteiger partial charge in [-0.15, -0.1) is 19.0 Å². The van der Waals surface area contributed by atoms with Crippen molar-refractivity contribution in [2.75, 3.05) is 13.1 Å². The number of halogens is 2. The highest BCUT2D eigenvalue weighted by Gasteiger charge is 2.35. The minimum absolute atomic E-state index is 0. The molecule has 1 aliphatic heterocycles. The lowest BCUT2D eigenvalue weighted by atomic mass is 9.94. The van der Waals surface area contributed by atoms with Crippen LogP contribution in [0.1, 0.15) is 12.8 Å². The third kappa shape index (κ3) is 2.27. The standard InChI is InChI=1S/C7H12FN.ClH/c1-2-3-4-7(8)5-9-6-7;/h2,9H,1,3-6H2;1H. The Morgan fingerprint density at radius 1 is 1.60 bits per heavy atom. The van der Waals surface area contributed by atoms with E-state index in [9.17, 15) is 4.39 Å². The smallest absolute Gasteiger partial charge is 0.136 e. The summed E-state index contributed by atoms with van der Waals surface area (Å²) in [6.45, 7) is 4.59. The maximum atomic E-state index is 13.0. The monoisotopic (exact) mass is 165 g/mol. The third-order valence-electron chi connectivity index (χ3n) is 1.68. The molecule has 1 nitrogen and oxygen atoms in total. The zero-order valence-corrected chi connectivity index (χ0v) is 6.72. The van der Waals surface area contributed by atoms with Crippen molar-refractivity contribution in [3.63, 3.8) is 0 Å². The fourth-order valence-corrected chi connectivity index (χ4v) is 0.934. The molecule has 1 saturated heterocycles. The SMILES string of the molecule is C=CCCC1(F)CNC1.Cl. The normalized spacial score (nSPS) is 20.5. The van der Waals surface area contributed by atoms with Gasteiger partial charge in [-0.25, -0.2) is 4.39 Å². The van der Waals surface area contributed by atoms with E-state index in [1.54, 1.807) is 6.08 Å². The summed E-state index contributed by atoms with van der Waals surface area (Å²) >= 11 is 0. The van der Waals surface area contributed by atoms with Crippen LogP contribution in [0.25, 0.3) is 0 Å². The quantitative estimate of drug-likeness (QED) is 0.628. The fourth-order valence-electron chi connectivity index (χ4n) is 0.934. The number of hydrogen-bond donors (Lipinski definition) is 1. The lowest BCUT2D eigenvalue weighted by molar-refractivity contribution is 0.0817. The lowest BCUT2D eigenvalue weighted by Crippen LogP contribution is -2.56. The highest BCUT2D eigenvalue weighted by atomic mass is 35.5. The Morgan fingerprint density at radius 3 is 2.50 bits per heavy atom. The topological polar surface area (TPSA) is 12.0 Å². The molecule has 0 radical (unpaired) electrons. The zero-order valence-electron chi connectivity index (χ0n) is 5.90. The van der Waals surface area contributed by atoms with Crippen LogP contribution in [-0.2, 0) is 0 Å². The summed E-state index contributed by atoms with van der Waals surface area (Å²) < 4.78 is 13.0. The van der Waals surface area contributed by atoms with Crippen molar-refractivity contribution in [3.05, 3.63) is 12.7 Å². The molecule has 1 rings (SSSR count). The molecule has 0 saturated carbocycles. The van der Waals surface area contributed by atoms with Gasteiger partial charge >= 0.3 is 0 Å². The maximum Gasteiger partial charge on any atom is 0.136 e. The molecule has 0 bridgehead atoms. The summed E-state index contributed by atoms with van der Waals surface area (Å²) in [7, 11) is 0. The second kappa shape index (κ2) is 3.94. The first-order valence-corrected chi connectivity index (χ1v) is 3.27. The summed E-state index contributed by atoms with van der Waals surface area (Å²) in [5.41, 5.74) is -0.909. The summed E-state index contributed by atoms with van der Waals surface area (Å²) in [6.07, 6.45) is 3.18. The molecule has 0 unspecified atom stereocenters. The van der Waals surface area contributed by atoms with Crippen molar-refractivity contribution < 1.29 is 4.39 Å². The van der Waals surface area contributed by atoms with Crippen LogP contribution in [0.5, 0.6) is 0 Å². The Bertz CT molecular complexity index is 112. The first-order chi connectivity index (χ1) is 4.27. The van der Waals surface area contributed by atoms with Crippen LogP contribution in [0.3, 0.4) is 0 Å². The number of allylic oxidation sites excluding steroid dienone is 1. The Labute approximate surface area is 67.1 Å². The van der Waals surface area contributed by atoms with Crippen LogP contribution in [0.15, 0.2) is 12.7 Å². The van der Waals surface area contributed by atoms with Gasteiger partial charge in [0.15, 0.2) is 0 Å². The molecule has 0 aromatic heterocycles. The van der Waals surface area contributed by atoms with E-state index in [1.807, 2.05) is 0 Å². The number of nitrogens with one attached hydrogen (secondary N) is 1. The second-order valence-corrected chi connectivity index (χ2v) is 2.58. The lowest BCUT2D eigenvalue weighted by Gasteiger charge is -2.34. The molecular weight excluding hydrogens is 153 g/mol. The summed E-state index contributed by atoms with van der Waals surface area (Å²) in [5, 5.41) is 2.90. The minimum Gasteiger partial charge on any atom is -0.310 e.